The first-order valence-electron chi connectivity index (χ1n) is 12.6. The lowest BCUT2D eigenvalue weighted by molar-refractivity contribution is -0.136. The second kappa shape index (κ2) is 9.82. The molecule has 0 radical (unpaired) electrons. The van der Waals surface area contributed by atoms with Crippen molar-refractivity contribution in [1.82, 2.24) is 9.88 Å². The fraction of sp³-hybridized carbons (Fsp3) is 0.161. The van der Waals surface area contributed by atoms with E-state index in [-0.39, 0.29) is 11.8 Å². The summed E-state index contributed by atoms with van der Waals surface area (Å²) in [7, 11) is 0. The van der Waals surface area contributed by atoms with E-state index < -0.39 is 6.04 Å². The van der Waals surface area contributed by atoms with Crippen LogP contribution in [-0.2, 0) is 16.0 Å². The summed E-state index contributed by atoms with van der Waals surface area (Å²) in [6.45, 7) is 0.616. The molecule has 1 atom stereocenters. The molecule has 0 bridgehead atoms. The van der Waals surface area contributed by atoms with Crippen LogP contribution < -0.4 is 5.32 Å². The number of carbonyl (C=O) groups is 2. The highest BCUT2D eigenvalue weighted by Crippen LogP contribution is 2.29. The molecule has 0 aliphatic carbocycles. The largest absolute Gasteiger partial charge is 0.464 e. The van der Waals surface area contributed by atoms with Gasteiger partial charge in [0, 0.05) is 34.4 Å². The molecule has 6 nitrogen and oxygen atoms in total. The lowest BCUT2D eigenvalue weighted by atomic mass is 10.1. The van der Waals surface area contributed by atoms with Gasteiger partial charge in [0.05, 0.1) is 12.7 Å². The van der Waals surface area contributed by atoms with Gasteiger partial charge in [0.15, 0.2) is 0 Å². The number of nitrogens with zero attached hydrogens (tertiary/aromatic N) is 1. The molecule has 5 aromatic rings. The van der Waals surface area contributed by atoms with E-state index in [0.717, 1.165) is 45.5 Å². The van der Waals surface area contributed by atoms with Crippen molar-refractivity contribution in [3.63, 3.8) is 0 Å². The first-order chi connectivity index (χ1) is 18.1. The number of H-pyrrole nitrogens is 1. The maximum absolute atomic E-state index is 13.1. The number of rotatable bonds is 6. The molecule has 2 aromatic heterocycles. The third-order valence-electron chi connectivity index (χ3n) is 6.96. The summed E-state index contributed by atoms with van der Waals surface area (Å²) in [4.78, 5) is 31.1. The maximum atomic E-state index is 13.1. The van der Waals surface area contributed by atoms with Gasteiger partial charge in [-0.05, 0) is 72.5 Å². The molecule has 1 aliphatic heterocycles. The van der Waals surface area contributed by atoms with Gasteiger partial charge in [-0.25, -0.2) is 0 Å². The van der Waals surface area contributed by atoms with Crippen molar-refractivity contribution < 1.29 is 14.0 Å². The first-order valence-corrected chi connectivity index (χ1v) is 12.6. The number of likely N-dealkylation sites (tertiary alicyclic amines) is 1. The van der Waals surface area contributed by atoms with Gasteiger partial charge in [0.1, 0.15) is 11.8 Å². The van der Waals surface area contributed by atoms with E-state index in [1.807, 2.05) is 72.8 Å². The van der Waals surface area contributed by atoms with Crippen LogP contribution in [0, 0.1) is 0 Å². The van der Waals surface area contributed by atoms with Gasteiger partial charge < -0.3 is 19.6 Å². The summed E-state index contributed by atoms with van der Waals surface area (Å²) < 4.78 is 5.52. The quantitative estimate of drug-likeness (QED) is 0.295. The summed E-state index contributed by atoms with van der Waals surface area (Å²) in [6, 6.07) is 29.1. The molecule has 3 aromatic carbocycles. The van der Waals surface area contributed by atoms with Crippen molar-refractivity contribution >= 4 is 28.4 Å². The topological polar surface area (TPSA) is 78.3 Å². The van der Waals surface area contributed by atoms with Crippen LogP contribution in [0.25, 0.3) is 33.5 Å². The molecular weight excluding hydrogens is 462 g/mol. The van der Waals surface area contributed by atoms with E-state index in [1.54, 1.807) is 11.2 Å². The number of amides is 2. The van der Waals surface area contributed by atoms with Crippen LogP contribution >= 0.6 is 0 Å². The van der Waals surface area contributed by atoms with Gasteiger partial charge >= 0.3 is 0 Å². The van der Waals surface area contributed by atoms with Crippen molar-refractivity contribution in [2.24, 2.45) is 0 Å². The lowest BCUT2D eigenvalue weighted by Gasteiger charge is -2.24. The van der Waals surface area contributed by atoms with E-state index in [1.165, 1.54) is 0 Å². The molecule has 3 heterocycles. The van der Waals surface area contributed by atoms with Gasteiger partial charge in [0.2, 0.25) is 11.8 Å². The molecule has 1 unspecified atom stereocenters. The molecule has 0 saturated carbocycles. The van der Waals surface area contributed by atoms with E-state index in [9.17, 15) is 9.59 Å². The third kappa shape index (κ3) is 4.78. The smallest absolute Gasteiger partial charge is 0.247 e. The Morgan fingerprint density at radius 1 is 0.919 bits per heavy atom. The molecule has 2 amide bonds. The zero-order chi connectivity index (χ0) is 25.2. The number of carbonyl (C=O) groups excluding carboxylic acids is 2. The van der Waals surface area contributed by atoms with Crippen LogP contribution in [0.2, 0.25) is 0 Å². The molecule has 2 N–H and O–H groups in total. The fourth-order valence-corrected chi connectivity index (χ4v) is 5.05. The summed E-state index contributed by atoms with van der Waals surface area (Å²) >= 11 is 0. The molecule has 6 heteroatoms. The number of aromatic nitrogens is 1. The number of hydrogen-bond acceptors (Lipinski definition) is 3. The number of anilines is 1. The van der Waals surface area contributed by atoms with Crippen molar-refractivity contribution in [3.8, 4) is 22.6 Å². The second-order valence-electron chi connectivity index (χ2n) is 9.44. The maximum Gasteiger partial charge on any atom is 0.247 e. The third-order valence-corrected chi connectivity index (χ3v) is 6.96. The fourth-order valence-electron chi connectivity index (χ4n) is 5.05. The highest BCUT2D eigenvalue weighted by atomic mass is 16.3. The number of furan rings is 1. The lowest BCUT2D eigenvalue weighted by Crippen LogP contribution is -2.43. The van der Waals surface area contributed by atoms with Crippen molar-refractivity contribution in [2.45, 2.75) is 25.3 Å². The first kappa shape index (κ1) is 22.9. The van der Waals surface area contributed by atoms with Crippen molar-refractivity contribution in [2.75, 3.05) is 11.9 Å². The minimum absolute atomic E-state index is 0.00628. The number of aromatic amines is 1. The van der Waals surface area contributed by atoms with Gasteiger partial charge in [-0.1, -0.05) is 42.5 Å². The number of benzene rings is 3. The average Bonchev–Trinajstić information content (AvgIpc) is 3.70. The molecule has 1 aliphatic rings. The van der Waals surface area contributed by atoms with Crippen LogP contribution in [0.5, 0.6) is 0 Å². The molecule has 1 saturated heterocycles. The zero-order valence-corrected chi connectivity index (χ0v) is 20.3. The van der Waals surface area contributed by atoms with Crippen LogP contribution in [0.3, 0.4) is 0 Å². The number of hydrogen-bond donors (Lipinski definition) is 2. The Morgan fingerprint density at radius 2 is 1.73 bits per heavy atom. The Kier molecular flexibility index (Phi) is 6.06. The summed E-state index contributed by atoms with van der Waals surface area (Å²) in [6.07, 6.45) is 3.50. The normalized spacial score (nSPS) is 15.2. The Labute approximate surface area is 214 Å². The Hall–Kier alpha value is -4.58. The number of fused-ring (bicyclic) bond motifs is 1. The van der Waals surface area contributed by atoms with Crippen LogP contribution in [0.1, 0.15) is 18.4 Å². The second-order valence-corrected chi connectivity index (χ2v) is 9.44. The van der Waals surface area contributed by atoms with Crippen molar-refractivity contribution in [1.29, 1.82) is 0 Å². The monoisotopic (exact) mass is 489 g/mol. The van der Waals surface area contributed by atoms with Gasteiger partial charge in [-0.2, -0.15) is 0 Å². The Bertz CT molecular complexity index is 1540. The molecule has 37 heavy (non-hydrogen) atoms. The van der Waals surface area contributed by atoms with Gasteiger partial charge in [-0.3, -0.25) is 9.59 Å². The van der Waals surface area contributed by atoms with Gasteiger partial charge in [-0.15, -0.1) is 0 Å². The number of nitrogens with one attached hydrogen (secondary N) is 2. The Morgan fingerprint density at radius 3 is 2.51 bits per heavy atom. The predicted octanol–water partition coefficient (Wildman–Crippen LogP) is 6.27. The van der Waals surface area contributed by atoms with E-state index in [0.29, 0.717) is 25.1 Å². The summed E-state index contributed by atoms with van der Waals surface area (Å²) in [5.41, 5.74) is 5.77. The zero-order valence-electron chi connectivity index (χ0n) is 20.3. The van der Waals surface area contributed by atoms with E-state index in [2.05, 4.69) is 28.5 Å². The molecule has 184 valence electrons. The predicted molar refractivity (Wildman–Crippen MR) is 145 cm³/mol. The van der Waals surface area contributed by atoms with Crippen LogP contribution in [0.4, 0.5) is 5.69 Å². The van der Waals surface area contributed by atoms with Crippen LogP contribution in [-0.4, -0.2) is 34.3 Å². The average molecular weight is 490 g/mol. The molecule has 0 spiro atoms. The van der Waals surface area contributed by atoms with Crippen LogP contribution in [0.15, 0.2) is 102 Å². The molecular formula is C31H27N3O3. The SMILES string of the molecule is O=C(Nc1ccc(-c2cc3cc(-c4ccco4)ccc3[nH]2)cc1)C1CCCN1C(=O)Cc1ccccc1. The highest BCUT2D eigenvalue weighted by molar-refractivity contribution is 5.98. The van der Waals surface area contributed by atoms with E-state index >= 15 is 0 Å². The van der Waals surface area contributed by atoms with E-state index in [4.69, 9.17) is 4.42 Å². The Balaban J connectivity index is 1.13. The minimum atomic E-state index is -0.437. The minimum Gasteiger partial charge on any atom is -0.464 e. The standard InChI is InChI=1S/C31H27N3O3/c35-30(18-21-6-2-1-3-7-21)34-16-4-8-28(34)31(36)32-25-13-10-22(11-14-25)27-20-24-19-23(12-15-26(24)33-27)29-9-5-17-37-29/h1-3,5-7,9-15,17,19-20,28,33H,4,8,16,18H2,(H,32,36). The van der Waals surface area contributed by atoms with Gasteiger partial charge in [0.25, 0.3) is 0 Å². The highest BCUT2D eigenvalue weighted by Gasteiger charge is 2.33. The molecule has 6 rings (SSSR count). The van der Waals surface area contributed by atoms with Crippen molar-refractivity contribution in [3.05, 3.63) is 103 Å². The summed E-state index contributed by atoms with van der Waals surface area (Å²) in [5.74, 6) is 0.697. The molecule has 1 fully saturated rings. The summed E-state index contributed by atoms with van der Waals surface area (Å²) in [5, 5.41) is 4.11.